The first kappa shape index (κ1) is 12.7. The van der Waals surface area contributed by atoms with Crippen molar-refractivity contribution in [2.45, 2.75) is 4.90 Å². The molecule has 7 nitrogen and oxygen atoms in total. The van der Waals surface area contributed by atoms with Gasteiger partial charge in [0.2, 0.25) is 15.9 Å². The van der Waals surface area contributed by atoms with Gasteiger partial charge >= 0.3 is 0 Å². The Kier molecular flexibility index (Phi) is 3.14. The molecule has 0 spiro atoms. The number of hydrogen-bond acceptors (Lipinski definition) is 5. The summed E-state index contributed by atoms with van der Waals surface area (Å²) < 4.78 is 22.4. The maximum Gasteiger partial charge on any atom is 0.240 e. The molecule has 1 aromatic rings. The fourth-order valence-electron chi connectivity index (χ4n) is 1.85. The molecule has 2 rings (SSSR count). The van der Waals surface area contributed by atoms with E-state index < -0.39 is 10.0 Å². The normalized spacial score (nSPS) is 16.5. The molecule has 0 atom stereocenters. The van der Waals surface area contributed by atoms with Crippen LogP contribution in [0.25, 0.3) is 0 Å². The van der Waals surface area contributed by atoms with Crippen LogP contribution in [-0.2, 0) is 14.8 Å². The molecule has 0 aromatic heterocycles. The summed E-state index contributed by atoms with van der Waals surface area (Å²) in [5.41, 5.74) is 6.45. The van der Waals surface area contributed by atoms with E-state index in [1.165, 1.54) is 12.1 Å². The number of amides is 1. The van der Waals surface area contributed by atoms with Crippen molar-refractivity contribution >= 4 is 27.3 Å². The number of hydrogen-bond donors (Lipinski definition) is 3. The van der Waals surface area contributed by atoms with Crippen molar-refractivity contribution in [3.63, 3.8) is 0 Å². The Morgan fingerprint density at radius 1 is 1.33 bits per heavy atom. The summed E-state index contributed by atoms with van der Waals surface area (Å²) in [4.78, 5) is 13.0. The van der Waals surface area contributed by atoms with Gasteiger partial charge in [-0.15, -0.1) is 0 Å². The summed E-state index contributed by atoms with van der Waals surface area (Å²) in [5, 5.41) is 7.73. The molecule has 0 unspecified atom stereocenters. The van der Waals surface area contributed by atoms with Gasteiger partial charge in [-0.1, -0.05) is 0 Å². The topological polar surface area (TPSA) is 119 Å². The van der Waals surface area contributed by atoms with Crippen LogP contribution in [0.15, 0.2) is 23.1 Å². The van der Waals surface area contributed by atoms with Crippen LogP contribution in [0.5, 0.6) is 0 Å². The van der Waals surface area contributed by atoms with Crippen molar-refractivity contribution < 1.29 is 13.2 Å². The highest BCUT2D eigenvalue weighted by Gasteiger charge is 2.19. The van der Waals surface area contributed by atoms with E-state index in [4.69, 9.17) is 10.9 Å². The molecule has 8 heteroatoms. The van der Waals surface area contributed by atoms with Gasteiger partial charge in [0.15, 0.2) is 0 Å². The number of primary sulfonamides is 1. The molecule has 5 N–H and O–H groups in total. The highest BCUT2D eigenvalue weighted by atomic mass is 32.2. The Hall–Kier alpha value is -1.80. The van der Waals surface area contributed by atoms with E-state index in [0.717, 1.165) is 0 Å². The maximum atomic E-state index is 11.3. The number of nitrogen functional groups attached to an aromatic ring is 1. The molecule has 1 saturated heterocycles. The van der Waals surface area contributed by atoms with Crippen molar-refractivity contribution in [2.24, 2.45) is 5.14 Å². The van der Waals surface area contributed by atoms with E-state index >= 15 is 0 Å². The van der Waals surface area contributed by atoms with Crippen LogP contribution in [-0.4, -0.2) is 34.0 Å². The summed E-state index contributed by atoms with van der Waals surface area (Å²) in [6, 6.07) is 4.46. The van der Waals surface area contributed by atoms with Gasteiger partial charge in [-0.05, 0) is 18.2 Å². The number of anilines is 2. The van der Waals surface area contributed by atoms with Gasteiger partial charge in [-0.25, -0.2) is 13.6 Å². The molecule has 0 saturated carbocycles. The molecule has 1 aliphatic heterocycles. The van der Waals surface area contributed by atoms with Gasteiger partial charge in [-0.2, -0.15) is 0 Å². The van der Waals surface area contributed by atoms with Gasteiger partial charge in [0.1, 0.15) is 4.90 Å². The van der Waals surface area contributed by atoms with Gasteiger partial charge < -0.3 is 16.0 Å². The van der Waals surface area contributed by atoms with Gasteiger partial charge in [0, 0.05) is 18.8 Å². The molecule has 1 aliphatic rings. The number of piperazine rings is 1. The summed E-state index contributed by atoms with van der Waals surface area (Å²) in [5.74, 6) is -0.0738. The Labute approximate surface area is 105 Å². The minimum Gasteiger partial charge on any atom is -0.398 e. The second-order valence-electron chi connectivity index (χ2n) is 4.04. The zero-order chi connectivity index (χ0) is 13.3. The predicted molar refractivity (Wildman–Crippen MR) is 67.5 cm³/mol. The van der Waals surface area contributed by atoms with Crippen LogP contribution in [0.2, 0.25) is 0 Å². The first-order valence-corrected chi connectivity index (χ1v) is 6.86. The van der Waals surface area contributed by atoms with Gasteiger partial charge in [0.25, 0.3) is 0 Å². The zero-order valence-corrected chi connectivity index (χ0v) is 10.4. The van der Waals surface area contributed by atoms with E-state index in [1.54, 1.807) is 6.07 Å². The first-order valence-electron chi connectivity index (χ1n) is 5.32. The molecular weight excluding hydrogens is 256 g/mol. The minimum absolute atomic E-state index is 0.0738. The Balaban J connectivity index is 2.31. The number of nitrogens with one attached hydrogen (secondary N) is 1. The molecule has 1 fully saturated rings. The third-order valence-electron chi connectivity index (χ3n) is 2.70. The number of carbonyl (C=O) groups excluding carboxylic acids is 1. The maximum absolute atomic E-state index is 11.3. The molecule has 1 amide bonds. The number of carbonyl (C=O) groups is 1. The number of sulfonamides is 1. The molecular formula is C10H14N4O3S. The second kappa shape index (κ2) is 4.46. The average molecular weight is 270 g/mol. The monoisotopic (exact) mass is 270 g/mol. The number of rotatable bonds is 2. The first-order chi connectivity index (χ1) is 8.38. The van der Waals surface area contributed by atoms with E-state index in [1.807, 2.05) is 4.90 Å². The fourth-order valence-corrected chi connectivity index (χ4v) is 2.50. The van der Waals surface area contributed by atoms with Gasteiger partial charge in [-0.3, -0.25) is 4.79 Å². The number of nitrogens with two attached hydrogens (primary N) is 2. The quantitative estimate of drug-likeness (QED) is 0.586. The van der Waals surface area contributed by atoms with Crippen LogP contribution < -0.4 is 21.1 Å². The molecule has 1 heterocycles. The number of benzene rings is 1. The van der Waals surface area contributed by atoms with Crippen LogP contribution >= 0.6 is 0 Å². The van der Waals surface area contributed by atoms with Crippen molar-refractivity contribution in [3.05, 3.63) is 18.2 Å². The lowest BCUT2D eigenvalue weighted by Gasteiger charge is -2.28. The predicted octanol–water partition coefficient (Wildman–Crippen LogP) is -1.15. The average Bonchev–Trinajstić information content (AvgIpc) is 2.27. The Bertz CT molecular complexity index is 585. The van der Waals surface area contributed by atoms with E-state index in [-0.39, 0.29) is 23.0 Å². The third-order valence-corrected chi connectivity index (χ3v) is 3.69. The Morgan fingerprint density at radius 3 is 2.61 bits per heavy atom. The van der Waals surface area contributed by atoms with Crippen molar-refractivity contribution in [1.82, 2.24) is 5.32 Å². The molecule has 18 heavy (non-hydrogen) atoms. The lowest BCUT2D eigenvalue weighted by Crippen LogP contribution is -2.47. The van der Waals surface area contributed by atoms with E-state index in [9.17, 15) is 13.2 Å². The summed E-state index contributed by atoms with van der Waals surface area (Å²) >= 11 is 0. The highest BCUT2D eigenvalue weighted by molar-refractivity contribution is 7.89. The van der Waals surface area contributed by atoms with Crippen LogP contribution in [0, 0.1) is 0 Å². The summed E-state index contributed by atoms with van der Waals surface area (Å²) in [6.07, 6.45) is 0. The van der Waals surface area contributed by atoms with Crippen LogP contribution in [0.1, 0.15) is 0 Å². The Morgan fingerprint density at radius 2 is 2.06 bits per heavy atom. The smallest absolute Gasteiger partial charge is 0.240 e. The van der Waals surface area contributed by atoms with E-state index in [2.05, 4.69) is 5.32 Å². The van der Waals surface area contributed by atoms with Gasteiger partial charge in [0.05, 0.1) is 12.2 Å². The minimum atomic E-state index is -3.81. The third kappa shape index (κ3) is 2.54. The van der Waals surface area contributed by atoms with Crippen LogP contribution in [0.3, 0.4) is 0 Å². The van der Waals surface area contributed by atoms with Crippen molar-refractivity contribution in [2.75, 3.05) is 30.3 Å². The largest absolute Gasteiger partial charge is 0.398 e. The zero-order valence-electron chi connectivity index (χ0n) is 9.59. The van der Waals surface area contributed by atoms with Crippen molar-refractivity contribution in [1.29, 1.82) is 0 Å². The highest BCUT2D eigenvalue weighted by Crippen LogP contribution is 2.24. The molecule has 98 valence electrons. The molecule has 0 aliphatic carbocycles. The van der Waals surface area contributed by atoms with Crippen molar-refractivity contribution in [3.8, 4) is 0 Å². The molecule has 1 aromatic carbocycles. The second-order valence-corrected chi connectivity index (χ2v) is 5.57. The van der Waals surface area contributed by atoms with Crippen LogP contribution in [0.4, 0.5) is 11.4 Å². The summed E-state index contributed by atoms with van der Waals surface area (Å²) in [7, 11) is -3.81. The number of nitrogens with zero attached hydrogens (tertiary/aromatic N) is 1. The standard InChI is InChI=1S/C10H14N4O3S/c11-8-5-7(1-2-9(8)18(12,16)17)14-4-3-13-10(15)6-14/h1-2,5H,3-4,6,11H2,(H,13,15)(H2,12,16,17). The summed E-state index contributed by atoms with van der Waals surface area (Å²) in [6.45, 7) is 1.43. The fraction of sp³-hybridized carbons (Fsp3) is 0.300. The lowest BCUT2D eigenvalue weighted by atomic mass is 10.2. The lowest BCUT2D eigenvalue weighted by molar-refractivity contribution is -0.120. The molecule has 0 bridgehead atoms. The molecule has 0 radical (unpaired) electrons. The SMILES string of the molecule is Nc1cc(N2CCNC(=O)C2)ccc1S(N)(=O)=O. The van der Waals surface area contributed by atoms with E-state index in [0.29, 0.717) is 18.8 Å².